The van der Waals surface area contributed by atoms with E-state index in [-0.39, 0.29) is 17.9 Å². The molecule has 0 radical (unpaired) electrons. The molecular weight excluding hydrogens is 266 g/mol. The summed E-state index contributed by atoms with van der Waals surface area (Å²) < 4.78 is 0. The molecule has 2 saturated heterocycles. The lowest BCUT2D eigenvalue weighted by Crippen LogP contribution is -2.56. The van der Waals surface area contributed by atoms with Crippen LogP contribution in [0.2, 0.25) is 0 Å². The second-order valence-corrected chi connectivity index (χ2v) is 7.25. The number of likely N-dealkylation sites (tertiary alicyclic amines) is 1. The Bertz CT molecular complexity index is 433. The Labute approximate surface area is 127 Å². The molecule has 1 N–H and O–H groups in total. The summed E-state index contributed by atoms with van der Waals surface area (Å²) in [6.07, 6.45) is 7.61. The Balaban J connectivity index is 1.65. The fourth-order valence-corrected chi connectivity index (χ4v) is 4.33. The van der Waals surface area contributed by atoms with Crippen LogP contribution >= 0.6 is 0 Å². The molecule has 1 saturated carbocycles. The number of nitrogens with zero attached hydrogens (tertiary/aromatic N) is 2. The van der Waals surface area contributed by atoms with E-state index in [1.165, 1.54) is 37.1 Å². The van der Waals surface area contributed by atoms with Gasteiger partial charge in [0.05, 0.1) is 0 Å². The molecule has 0 bridgehead atoms. The molecule has 0 aromatic carbocycles. The Hall–Kier alpha value is -1.10. The van der Waals surface area contributed by atoms with Crippen LogP contribution < -0.4 is 5.32 Å². The highest BCUT2D eigenvalue weighted by Crippen LogP contribution is 2.33. The van der Waals surface area contributed by atoms with Crippen molar-refractivity contribution in [2.45, 2.75) is 51.0 Å². The maximum absolute atomic E-state index is 12.4. The van der Waals surface area contributed by atoms with Gasteiger partial charge in [0.2, 0.25) is 0 Å². The smallest absolute Gasteiger partial charge is 0.323 e. The fraction of sp³-hybridized carbons (Fsp3) is 0.875. The van der Waals surface area contributed by atoms with Crippen molar-refractivity contribution in [2.75, 3.05) is 26.7 Å². The Morgan fingerprint density at radius 1 is 1.19 bits per heavy atom. The molecule has 2 unspecified atom stereocenters. The molecule has 2 heterocycles. The van der Waals surface area contributed by atoms with Crippen molar-refractivity contribution >= 4 is 11.9 Å². The minimum absolute atomic E-state index is 0.0692. The van der Waals surface area contributed by atoms with Crippen LogP contribution in [0.3, 0.4) is 0 Å². The van der Waals surface area contributed by atoms with E-state index in [0.29, 0.717) is 0 Å². The summed E-state index contributed by atoms with van der Waals surface area (Å²) in [7, 11) is 1.57. The predicted molar refractivity (Wildman–Crippen MR) is 80.8 cm³/mol. The molecular formula is C16H27N3O2. The van der Waals surface area contributed by atoms with E-state index in [4.69, 9.17) is 0 Å². The van der Waals surface area contributed by atoms with Crippen LogP contribution in [0.5, 0.6) is 0 Å². The number of carbonyl (C=O) groups is 2. The van der Waals surface area contributed by atoms with Gasteiger partial charge in [0, 0.05) is 26.1 Å². The predicted octanol–water partition coefficient (Wildman–Crippen LogP) is 1.83. The van der Waals surface area contributed by atoms with Gasteiger partial charge in [0.15, 0.2) is 0 Å². The molecule has 0 aromatic rings. The molecule has 1 aliphatic carbocycles. The molecule has 2 atom stereocenters. The van der Waals surface area contributed by atoms with Crippen molar-refractivity contribution in [3.63, 3.8) is 0 Å². The summed E-state index contributed by atoms with van der Waals surface area (Å²) in [4.78, 5) is 27.9. The Morgan fingerprint density at radius 3 is 2.52 bits per heavy atom. The number of amides is 3. The van der Waals surface area contributed by atoms with E-state index in [1.54, 1.807) is 7.05 Å². The van der Waals surface area contributed by atoms with E-state index in [0.717, 1.165) is 31.8 Å². The molecule has 21 heavy (non-hydrogen) atoms. The molecule has 3 rings (SSSR count). The summed E-state index contributed by atoms with van der Waals surface area (Å²) in [5, 5.41) is 2.92. The molecule has 2 aliphatic heterocycles. The van der Waals surface area contributed by atoms with Gasteiger partial charge >= 0.3 is 6.03 Å². The third-order valence-corrected chi connectivity index (χ3v) is 5.73. The highest BCUT2D eigenvalue weighted by molar-refractivity contribution is 6.06. The van der Waals surface area contributed by atoms with E-state index < -0.39 is 5.54 Å². The normalized spacial score (nSPS) is 35.5. The number of nitrogens with one attached hydrogen (secondary N) is 1. The highest BCUT2D eigenvalue weighted by atomic mass is 16.2. The number of urea groups is 1. The zero-order chi connectivity index (χ0) is 15.0. The topological polar surface area (TPSA) is 52.7 Å². The maximum atomic E-state index is 12.4. The zero-order valence-corrected chi connectivity index (χ0v) is 13.2. The summed E-state index contributed by atoms with van der Waals surface area (Å²) in [6.45, 7) is 5.15. The van der Waals surface area contributed by atoms with Gasteiger partial charge in [-0.3, -0.25) is 9.69 Å². The second-order valence-electron chi connectivity index (χ2n) is 7.25. The van der Waals surface area contributed by atoms with Crippen LogP contribution in [0.15, 0.2) is 0 Å². The number of carbonyl (C=O) groups excluding carboxylic acids is 2. The summed E-state index contributed by atoms with van der Waals surface area (Å²) in [6, 6.07) is -0.254. The number of hydrogen-bond acceptors (Lipinski definition) is 3. The van der Waals surface area contributed by atoms with Crippen molar-refractivity contribution in [3.05, 3.63) is 0 Å². The van der Waals surface area contributed by atoms with E-state index >= 15 is 0 Å². The van der Waals surface area contributed by atoms with Gasteiger partial charge in [-0.15, -0.1) is 0 Å². The van der Waals surface area contributed by atoms with Gasteiger partial charge < -0.3 is 10.2 Å². The quantitative estimate of drug-likeness (QED) is 0.808. The first kappa shape index (κ1) is 14.8. The van der Waals surface area contributed by atoms with Crippen molar-refractivity contribution in [1.82, 2.24) is 15.1 Å². The lowest BCUT2D eigenvalue weighted by Gasteiger charge is -2.40. The Morgan fingerprint density at radius 2 is 1.90 bits per heavy atom. The highest BCUT2D eigenvalue weighted by Gasteiger charge is 2.51. The van der Waals surface area contributed by atoms with Gasteiger partial charge in [-0.05, 0) is 45.1 Å². The number of piperidine rings is 1. The summed E-state index contributed by atoms with van der Waals surface area (Å²) >= 11 is 0. The molecule has 3 fully saturated rings. The SMILES string of the molecule is CN1C(=O)NC(C)(C2CCCN(CC3CCCC3)C2)C1=O. The first-order valence-corrected chi connectivity index (χ1v) is 8.33. The van der Waals surface area contributed by atoms with Crippen molar-refractivity contribution in [1.29, 1.82) is 0 Å². The lowest BCUT2D eigenvalue weighted by atomic mass is 9.79. The van der Waals surface area contributed by atoms with Crippen LogP contribution in [0, 0.1) is 11.8 Å². The largest absolute Gasteiger partial charge is 0.324 e. The van der Waals surface area contributed by atoms with Crippen LogP contribution in [0.1, 0.15) is 45.4 Å². The monoisotopic (exact) mass is 293 g/mol. The minimum Gasteiger partial charge on any atom is -0.323 e. The number of likely N-dealkylation sites (N-methyl/N-ethyl adjacent to an activating group) is 1. The maximum Gasteiger partial charge on any atom is 0.324 e. The Kier molecular flexibility index (Phi) is 3.95. The average molecular weight is 293 g/mol. The first-order valence-electron chi connectivity index (χ1n) is 8.33. The molecule has 5 nitrogen and oxygen atoms in total. The van der Waals surface area contributed by atoms with E-state index in [1.807, 2.05) is 6.92 Å². The molecule has 3 aliphatic rings. The van der Waals surface area contributed by atoms with Crippen LogP contribution in [0.25, 0.3) is 0 Å². The van der Waals surface area contributed by atoms with E-state index in [2.05, 4.69) is 10.2 Å². The van der Waals surface area contributed by atoms with Crippen molar-refractivity contribution < 1.29 is 9.59 Å². The number of imide groups is 1. The second kappa shape index (κ2) is 5.59. The van der Waals surface area contributed by atoms with E-state index in [9.17, 15) is 9.59 Å². The van der Waals surface area contributed by atoms with Gasteiger partial charge in [0.25, 0.3) is 5.91 Å². The molecule has 5 heteroatoms. The number of hydrogen-bond donors (Lipinski definition) is 1. The molecule has 3 amide bonds. The van der Waals surface area contributed by atoms with Crippen LogP contribution in [-0.2, 0) is 4.79 Å². The van der Waals surface area contributed by atoms with Gasteiger partial charge in [-0.25, -0.2) is 4.79 Å². The first-order chi connectivity index (χ1) is 10.0. The van der Waals surface area contributed by atoms with Gasteiger partial charge in [-0.1, -0.05) is 12.8 Å². The number of rotatable bonds is 3. The lowest BCUT2D eigenvalue weighted by molar-refractivity contribution is -0.132. The van der Waals surface area contributed by atoms with Crippen molar-refractivity contribution in [2.24, 2.45) is 11.8 Å². The third-order valence-electron chi connectivity index (χ3n) is 5.73. The fourth-order valence-electron chi connectivity index (χ4n) is 4.33. The zero-order valence-electron chi connectivity index (χ0n) is 13.2. The standard InChI is InChI=1S/C16H27N3O2/c1-16(14(20)18(2)15(21)17-16)13-8-5-9-19(11-13)10-12-6-3-4-7-12/h12-13H,3-11H2,1-2H3,(H,17,21). The molecule has 0 aromatic heterocycles. The van der Waals surface area contributed by atoms with Crippen LogP contribution in [-0.4, -0.2) is 54.0 Å². The molecule has 118 valence electrons. The average Bonchev–Trinajstić information content (AvgIpc) is 3.04. The summed E-state index contributed by atoms with van der Waals surface area (Å²) in [5.74, 6) is 1.00. The third kappa shape index (κ3) is 2.68. The van der Waals surface area contributed by atoms with Crippen molar-refractivity contribution in [3.8, 4) is 0 Å². The van der Waals surface area contributed by atoms with Crippen LogP contribution in [0.4, 0.5) is 4.79 Å². The van der Waals surface area contributed by atoms with Gasteiger partial charge in [-0.2, -0.15) is 0 Å². The minimum atomic E-state index is -0.708. The summed E-state index contributed by atoms with van der Waals surface area (Å²) in [5.41, 5.74) is -0.708. The van der Waals surface area contributed by atoms with Gasteiger partial charge in [0.1, 0.15) is 5.54 Å². The molecule has 0 spiro atoms.